The average molecular weight is 298 g/mol. The van der Waals surface area contributed by atoms with Gasteiger partial charge in [-0.05, 0) is 13.3 Å². The van der Waals surface area contributed by atoms with Crippen molar-refractivity contribution in [3.8, 4) is 0 Å². The van der Waals surface area contributed by atoms with Gasteiger partial charge in [0.2, 0.25) is 0 Å². The van der Waals surface area contributed by atoms with E-state index >= 15 is 0 Å². The van der Waals surface area contributed by atoms with Crippen molar-refractivity contribution >= 4 is 0 Å². The van der Waals surface area contributed by atoms with Gasteiger partial charge in [0.05, 0.1) is 32.5 Å². The lowest BCUT2D eigenvalue weighted by molar-refractivity contribution is -0.00178. The summed E-state index contributed by atoms with van der Waals surface area (Å²) in [6.07, 6.45) is 5.34. The van der Waals surface area contributed by atoms with Crippen LogP contribution >= 0.6 is 0 Å². The van der Waals surface area contributed by atoms with Crippen molar-refractivity contribution in [3.63, 3.8) is 0 Å². The molecular formula is C17H30O4. The molecular weight excluding hydrogens is 268 g/mol. The van der Waals surface area contributed by atoms with Crippen LogP contribution < -0.4 is 0 Å². The summed E-state index contributed by atoms with van der Waals surface area (Å²) < 4.78 is 16.0. The Morgan fingerprint density at radius 1 is 1.19 bits per heavy atom. The van der Waals surface area contributed by atoms with E-state index < -0.39 is 6.10 Å². The second kappa shape index (κ2) is 12.8. The van der Waals surface area contributed by atoms with Gasteiger partial charge in [0.25, 0.3) is 0 Å². The van der Waals surface area contributed by atoms with Gasteiger partial charge in [-0.15, -0.1) is 13.2 Å². The summed E-state index contributed by atoms with van der Waals surface area (Å²) in [6.45, 7) is 13.6. The molecule has 21 heavy (non-hydrogen) atoms. The Morgan fingerprint density at radius 2 is 1.86 bits per heavy atom. The Kier molecular flexibility index (Phi) is 12.2. The van der Waals surface area contributed by atoms with E-state index in [-0.39, 0.29) is 12.0 Å². The molecule has 4 heteroatoms. The molecule has 0 aliphatic heterocycles. The summed E-state index contributed by atoms with van der Waals surface area (Å²) in [5.74, 6) is -0.0274. The van der Waals surface area contributed by atoms with Gasteiger partial charge in [-0.2, -0.15) is 0 Å². The molecule has 0 fully saturated rings. The third kappa shape index (κ3) is 9.58. The van der Waals surface area contributed by atoms with Crippen LogP contribution in [0.2, 0.25) is 0 Å². The summed E-state index contributed by atoms with van der Waals surface area (Å²) in [4.78, 5) is 0. The first kappa shape index (κ1) is 20.1. The summed E-state index contributed by atoms with van der Waals surface area (Å²) >= 11 is 0. The number of aliphatic hydroxyl groups is 1. The monoisotopic (exact) mass is 298 g/mol. The highest BCUT2D eigenvalue weighted by atomic mass is 16.5. The number of ether oxygens (including phenoxy) is 3. The number of aliphatic hydroxyl groups excluding tert-OH is 1. The van der Waals surface area contributed by atoms with Crippen molar-refractivity contribution in [1.29, 1.82) is 0 Å². The van der Waals surface area contributed by atoms with Crippen LogP contribution in [0.4, 0.5) is 0 Å². The van der Waals surface area contributed by atoms with Gasteiger partial charge in [-0.1, -0.05) is 30.7 Å². The first-order valence-electron chi connectivity index (χ1n) is 7.33. The van der Waals surface area contributed by atoms with Crippen LogP contribution in [0.5, 0.6) is 0 Å². The Bertz CT molecular complexity index is 312. The van der Waals surface area contributed by atoms with E-state index in [1.807, 2.05) is 26.0 Å². The summed E-state index contributed by atoms with van der Waals surface area (Å²) in [5, 5.41) is 10.1. The fourth-order valence-corrected chi connectivity index (χ4v) is 1.89. The molecule has 0 radical (unpaired) electrons. The molecule has 0 bridgehead atoms. The zero-order valence-corrected chi connectivity index (χ0v) is 13.6. The first-order valence-corrected chi connectivity index (χ1v) is 7.33. The SMILES string of the molecule is C=CCCOCCOC/C(C)=C\[C@@H](C)[C@H](O)[C@H](C=C)OC. The topological polar surface area (TPSA) is 47.9 Å². The normalized spacial score (nSPS) is 16.3. The van der Waals surface area contributed by atoms with Crippen molar-refractivity contribution in [1.82, 2.24) is 0 Å². The highest BCUT2D eigenvalue weighted by molar-refractivity contribution is 5.04. The smallest absolute Gasteiger partial charge is 0.101 e. The first-order chi connectivity index (χ1) is 10.1. The Hall–Kier alpha value is -0.940. The number of hydrogen-bond donors (Lipinski definition) is 1. The van der Waals surface area contributed by atoms with E-state index in [0.717, 1.165) is 12.0 Å². The third-order valence-electron chi connectivity index (χ3n) is 3.10. The van der Waals surface area contributed by atoms with E-state index in [1.54, 1.807) is 13.2 Å². The molecule has 1 N–H and O–H groups in total. The van der Waals surface area contributed by atoms with E-state index in [1.165, 1.54) is 0 Å². The minimum Gasteiger partial charge on any atom is -0.389 e. The molecule has 3 atom stereocenters. The molecule has 0 aliphatic carbocycles. The van der Waals surface area contributed by atoms with Crippen molar-refractivity contribution in [3.05, 3.63) is 37.0 Å². The molecule has 122 valence electrons. The maximum Gasteiger partial charge on any atom is 0.101 e. The Labute approximate surface area is 129 Å². The zero-order chi connectivity index (χ0) is 16.1. The highest BCUT2D eigenvalue weighted by Crippen LogP contribution is 2.14. The van der Waals surface area contributed by atoms with Crippen LogP contribution in [0.25, 0.3) is 0 Å². The maximum atomic E-state index is 10.1. The molecule has 4 nitrogen and oxygen atoms in total. The second-order valence-electron chi connectivity index (χ2n) is 5.04. The lowest BCUT2D eigenvalue weighted by Crippen LogP contribution is -2.31. The van der Waals surface area contributed by atoms with Crippen LogP contribution in [0, 0.1) is 5.92 Å². The van der Waals surface area contributed by atoms with Crippen molar-refractivity contribution in [2.75, 3.05) is 33.5 Å². The van der Waals surface area contributed by atoms with Gasteiger partial charge < -0.3 is 19.3 Å². The van der Waals surface area contributed by atoms with E-state index in [9.17, 15) is 5.11 Å². The molecule has 0 aromatic rings. The standard InChI is InChI=1S/C17H30O4/c1-6-8-9-20-10-11-21-13-14(3)12-15(4)17(18)16(7-2)19-5/h6-7,12,15-18H,1-2,8-11,13H2,3-5H3/b14-12-/t15-,16+,17+/m1/s1. The van der Waals surface area contributed by atoms with Crippen molar-refractivity contribution in [2.45, 2.75) is 32.5 Å². The predicted octanol–water partition coefficient (Wildman–Crippen LogP) is 2.74. The summed E-state index contributed by atoms with van der Waals surface area (Å²) in [7, 11) is 1.56. The molecule has 0 aliphatic rings. The molecule has 0 amide bonds. The van der Waals surface area contributed by atoms with E-state index in [2.05, 4.69) is 13.2 Å². The highest BCUT2D eigenvalue weighted by Gasteiger charge is 2.20. The molecule has 0 unspecified atom stereocenters. The number of hydrogen-bond acceptors (Lipinski definition) is 4. The molecule has 0 heterocycles. The predicted molar refractivity (Wildman–Crippen MR) is 86.4 cm³/mol. The Morgan fingerprint density at radius 3 is 2.43 bits per heavy atom. The molecule has 0 rings (SSSR count). The molecule has 0 saturated carbocycles. The largest absolute Gasteiger partial charge is 0.389 e. The fraction of sp³-hybridized carbons (Fsp3) is 0.647. The second-order valence-corrected chi connectivity index (χ2v) is 5.04. The van der Waals surface area contributed by atoms with Crippen LogP contribution in [-0.4, -0.2) is 50.9 Å². The lowest BCUT2D eigenvalue weighted by atomic mass is 9.97. The molecule has 0 aromatic heterocycles. The zero-order valence-electron chi connectivity index (χ0n) is 13.6. The molecule has 0 saturated heterocycles. The van der Waals surface area contributed by atoms with Gasteiger partial charge >= 0.3 is 0 Å². The number of rotatable bonds is 13. The van der Waals surface area contributed by atoms with E-state index in [0.29, 0.717) is 26.4 Å². The van der Waals surface area contributed by atoms with Gasteiger partial charge in [0.15, 0.2) is 0 Å². The molecule has 0 aromatic carbocycles. The van der Waals surface area contributed by atoms with Crippen molar-refractivity contribution in [2.24, 2.45) is 5.92 Å². The van der Waals surface area contributed by atoms with Gasteiger partial charge in [0.1, 0.15) is 6.10 Å². The molecule has 0 spiro atoms. The van der Waals surface area contributed by atoms with Crippen LogP contribution in [0.1, 0.15) is 20.3 Å². The average Bonchev–Trinajstić information content (AvgIpc) is 2.47. The minimum atomic E-state index is -0.607. The van der Waals surface area contributed by atoms with Crippen LogP contribution in [0.15, 0.2) is 37.0 Å². The Balaban J connectivity index is 3.95. The van der Waals surface area contributed by atoms with Gasteiger partial charge in [0, 0.05) is 13.0 Å². The quantitative estimate of drug-likeness (QED) is 0.419. The van der Waals surface area contributed by atoms with Crippen LogP contribution in [0.3, 0.4) is 0 Å². The lowest BCUT2D eigenvalue weighted by Gasteiger charge is -2.22. The summed E-state index contributed by atoms with van der Waals surface area (Å²) in [6, 6.07) is 0. The number of methoxy groups -OCH3 is 1. The van der Waals surface area contributed by atoms with E-state index in [4.69, 9.17) is 14.2 Å². The fourth-order valence-electron chi connectivity index (χ4n) is 1.89. The van der Waals surface area contributed by atoms with Gasteiger partial charge in [-0.25, -0.2) is 0 Å². The minimum absolute atomic E-state index is 0.0274. The third-order valence-corrected chi connectivity index (χ3v) is 3.10. The van der Waals surface area contributed by atoms with Crippen LogP contribution in [-0.2, 0) is 14.2 Å². The van der Waals surface area contributed by atoms with Gasteiger partial charge in [-0.3, -0.25) is 0 Å². The van der Waals surface area contributed by atoms with Crippen molar-refractivity contribution < 1.29 is 19.3 Å². The maximum absolute atomic E-state index is 10.1. The summed E-state index contributed by atoms with van der Waals surface area (Å²) in [5.41, 5.74) is 1.08.